The summed E-state index contributed by atoms with van der Waals surface area (Å²) in [4.78, 5) is 11.4. The van der Waals surface area contributed by atoms with Gasteiger partial charge in [0.2, 0.25) is 0 Å². The Morgan fingerprint density at radius 2 is 1.88 bits per heavy atom. The Bertz CT molecular complexity index is 746. The number of aryl methyl sites for hydroxylation is 2. The van der Waals surface area contributed by atoms with Gasteiger partial charge in [0, 0.05) is 11.3 Å². The largest absolute Gasteiger partial charge is 0.513 e. The van der Waals surface area contributed by atoms with Crippen molar-refractivity contribution in [3.63, 3.8) is 0 Å². The monoisotopic (exact) mass is 350 g/mol. The van der Waals surface area contributed by atoms with E-state index in [9.17, 15) is 9.18 Å². The van der Waals surface area contributed by atoms with Crippen LogP contribution < -0.4 is 9.47 Å². The van der Waals surface area contributed by atoms with Crippen molar-refractivity contribution in [3.05, 3.63) is 58.4 Å². The van der Waals surface area contributed by atoms with Gasteiger partial charge in [0.1, 0.15) is 12.4 Å². The van der Waals surface area contributed by atoms with Crippen LogP contribution in [0.5, 0.6) is 11.5 Å². The van der Waals surface area contributed by atoms with E-state index in [1.54, 1.807) is 18.2 Å². The van der Waals surface area contributed by atoms with E-state index in [-0.39, 0.29) is 12.4 Å². The van der Waals surface area contributed by atoms with Gasteiger partial charge in [-0.2, -0.15) is 12.6 Å². The minimum absolute atomic E-state index is 0.0441. The molecule has 0 aromatic heterocycles. The lowest BCUT2D eigenvalue weighted by Crippen LogP contribution is -2.11. The highest BCUT2D eigenvalue weighted by atomic mass is 32.1. The van der Waals surface area contributed by atoms with Crippen molar-refractivity contribution in [2.24, 2.45) is 0 Å². The zero-order valence-electron chi connectivity index (χ0n) is 13.8. The van der Waals surface area contributed by atoms with E-state index in [4.69, 9.17) is 9.47 Å². The Kier molecular flexibility index (Phi) is 6.09. The second kappa shape index (κ2) is 8.06. The highest BCUT2D eigenvalue weighted by Gasteiger charge is 2.15. The smallest absolute Gasteiger partial charge is 0.486 e. The maximum absolute atomic E-state index is 14.0. The molecule has 0 bridgehead atoms. The van der Waals surface area contributed by atoms with Crippen LogP contribution in [0, 0.1) is 19.7 Å². The molecule has 4 nitrogen and oxygen atoms in total. The van der Waals surface area contributed by atoms with Gasteiger partial charge >= 0.3 is 6.16 Å². The summed E-state index contributed by atoms with van der Waals surface area (Å²) in [6.07, 6.45) is -0.829. The van der Waals surface area contributed by atoms with Crippen LogP contribution >= 0.6 is 12.6 Å². The summed E-state index contributed by atoms with van der Waals surface area (Å²) in [5.74, 6) is 0.442. The summed E-state index contributed by atoms with van der Waals surface area (Å²) in [7, 11) is 1.23. The lowest BCUT2D eigenvalue weighted by Gasteiger charge is -2.15. The fourth-order valence-electron chi connectivity index (χ4n) is 2.17. The number of hydrogen-bond donors (Lipinski definition) is 1. The van der Waals surface area contributed by atoms with Crippen LogP contribution in [0.4, 0.5) is 9.18 Å². The van der Waals surface area contributed by atoms with Gasteiger partial charge in [-0.15, -0.1) is 0 Å². The molecule has 0 saturated carbocycles. The van der Waals surface area contributed by atoms with Gasteiger partial charge in [-0.3, -0.25) is 0 Å². The minimum atomic E-state index is -0.829. The van der Waals surface area contributed by atoms with E-state index in [2.05, 4.69) is 17.4 Å². The van der Waals surface area contributed by atoms with Crippen LogP contribution in [0.3, 0.4) is 0 Å². The zero-order chi connectivity index (χ0) is 17.7. The van der Waals surface area contributed by atoms with Crippen LogP contribution in [-0.4, -0.2) is 13.3 Å². The standard InChI is InChI=1S/C18H19FO4S/c1-11-7-15(19)17(8-12(11)2)22-9-14-13(10-24)5-4-6-16(14)23-18(20)21-3/h4-8,24H,9-10H2,1-3H3. The predicted molar refractivity (Wildman–Crippen MR) is 92.4 cm³/mol. The molecule has 2 aromatic rings. The summed E-state index contributed by atoms with van der Waals surface area (Å²) >= 11 is 4.27. The molecular formula is C18H19FO4S. The average molecular weight is 350 g/mol. The highest BCUT2D eigenvalue weighted by molar-refractivity contribution is 7.79. The summed E-state index contributed by atoms with van der Waals surface area (Å²) in [5, 5.41) is 0. The lowest BCUT2D eigenvalue weighted by molar-refractivity contribution is 0.120. The maximum atomic E-state index is 14.0. The molecule has 0 atom stereocenters. The Balaban J connectivity index is 2.28. The van der Waals surface area contributed by atoms with Gasteiger partial charge in [-0.05, 0) is 48.7 Å². The van der Waals surface area contributed by atoms with Crippen LogP contribution in [0.2, 0.25) is 0 Å². The van der Waals surface area contributed by atoms with Gasteiger partial charge in [0.05, 0.1) is 7.11 Å². The second-order valence-electron chi connectivity index (χ2n) is 5.26. The van der Waals surface area contributed by atoms with Crippen molar-refractivity contribution < 1.29 is 23.4 Å². The number of thiol groups is 1. The molecule has 0 saturated heterocycles. The highest BCUT2D eigenvalue weighted by Crippen LogP contribution is 2.28. The first kappa shape index (κ1) is 18.1. The van der Waals surface area contributed by atoms with E-state index in [0.717, 1.165) is 16.7 Å². The molecule has 2 aromatic carbocycles. The van der Waals surface area contributed by atoms with Crippen molar-refractivity contribution >= 4 is 18.8 Å². The van der Waals surface area contributed by atoms with E-state index in [1.807, 2.05) is 19.9 Å². The van der Waals surface area contributed by atoms with E-state index < -0.39 is 12.0 Å². The first-order valence-corrected chi connectivity index (χ1v) is 7.96. The third-order valence-corrected chi connectivity index (χ3v) is 4.02. The van der Waals surface area contributed by atoms with E-state index in [0.29, 0.717) is 17.1 Å². The molecule has 0 unspecified atom stereocenters. The lowest BCUT2D eigenvalue weighted by atomic mass is 10.1. The van der Waals surface area contributed by atoms with Gasteiger partial charge in [-0.25, -0.2) is 9.18 Å². The van der Waals surface area contributed by atoms with Crippen molar-refractivity contribution in [3.8, 4) is 11.5 Å². The van der Waals surface area contributed by atoms with Gasteiger partial charge in [-0.1, -0.05) is 12.1 Å². The molecule has 0 fully saturated rings. The number of benzene rings is 2. The second-order valence-corrected chi connectivity index (χ2v) is 5.58. The van der Waals surface area contributed by atoms with Crippen LogP contribution in [0.25, 0.3) is 0 Å². The summed E-state index contributed by atoms with van der Waals surface area (Å²) in [6.45, 7) is 3.76. The zero-order valence-corrected chi connectivity index (χ0v) is 14.7. The Labute approximate surface area is 146 Å². The number of methoxy groups -OCH3 is 1. The number of hydrogen-bond acceptors (Lipinski definition) is 5. The predicted octanol–water partition coefficient (Wildman–Crippen LogP) is 4.60. The molecule has 0 N–H and O–H groups in total. The summed E-state index contributed by atoms with van der Waals surface area (Å²) < 4.78 is 29.3. The maximum Gasteiger partial charge on any atom is 0.513 e. The molecule has 2 rings (SSSR count). The first-order chi connectivity index (χ1) is 11.5. The molecule has 0 amide bonds. The van der Waals surface area contributed by atoms with Gasteiger partial charge in [0.25, 0.3) is 0 Å². The molecule has 0 aliphatic heterocycles. The van der Waals surface area contributed by atoms with Gasteiger partial charge < -0.3 is 14.2 Å². The number of carbonyl (C=O) groups excluding carboxylic acids is 1. The molecular weight excluding hydrogens is 331 g/mol. The number of ether oxygens (including phenoxy) is 3. The van der Waals surface area contributed by atoms with Crippen LogP contribution in [0.1, 0.15) is 22.3 Å². The van der Waals surface area contributed by atoms with Crippen molar-refractivity contribution in [1.82, 2.24) is 0 Å². The molecule has 24 heavy (non-hydrogen) atoms. The van der Waals surface area contributed by atoms with Crippen molar-refractivity contribution in [2.75, 3.05) is 7.11 Å². The van der Waals surface area contributed by atoms with Crippen LogP contribution in [0.15, 0.2) is 30.3 Å². The summed E-state index contributed by atoms with van der Waals surface area (Å²) in [5.41, 5.74) is 3.23. The Morgan fingerprint density at radius 1 is 1.17 bits per heavy atom. The number of rotatable bonds is 5. The van der Waals surface area contributed by atoms with Gasteiger partial charge in [0.15, 0.2) is 11.6 Å². The minimum Gasteiger partial charge on any atom is -0.486 e. The van der Waals surface area contributed by atoms with E-state index in [1.165, 1.54) is 13.2 Å². The average Bonchev–Trinajstić information content (AvgIpc) is 2.57. The Hall–Kier alpha value is -2.21. The molecule has 0 heterocycles. The normalized spacial score (nSPS) is 10.4. The molecule has 6 heteroatoms. The number of halogens is 1. The molecule has 0 aliphatic rings. The Morgan fingerprint density at radius 3 is 2.54 bits per heavy atom. The van der Waals surface area contributed by atoms with Crippen molar-refractivity contribution in [1.29, 1.82) is 0 Å². The number of carbonyl (C=O) groups is 1. The topological polar surface area (TPSA) is 44.8 Å². The fraction of sp³-hybridized carbons (Fsp3) is 0.278. The van der Waals surface area contributed by atoms with E-state index >= 15 is 0 Å². The third kappa shape index (κ3) is 4.20. The molecule has 128 valence electrons. The first-order valence-electron chi connectivity index (χ1n) is 7.33. The quantitative estimate of drug-likeness (QED) is 0.486. The fourth-order valence-corrected chi connectivity index (χ4v) is 2.46. The third-order valence-electron chi connectivity index (χ3n) is 3.68. The van der Waals surface area contributed by atoms with Crippen molar-refractivity contribution in [2.45, 2.75) is 26.2 Å². The molecule has 0 aliphatic carbocycles. The SMILES string of the molecule is COC(=O)Oc1cccc(CS)c1COc1cc(C)c(C)cc1F. The van der Waals surface area contributed by atoms with Crippen LogP contribution in [-0.2, 0) is 17.1 Å². The summed E-state index contributed by atoms with van der Waals surface area (Å²) in [6, 6.07) is 8.28. The molecule has 0 spiro atoms. The molecule has 0 radical (unpaired) electrons.